The molecule has 1 aliphatic heterocycles. The Morgan fingerprint density at radius 3 is 2.37 bits per heavy atom. The molecule has 150 valence electrons. The third-order valence-electron chi connectivity index (χ3n) is 3.70. The monoisotopic (exact) mass is 399 g/mol. The van der Waals surface area contributed by atoms with E-state index in [0.717, 1.165) is 16.7 Å². The molecule has 1 fully saturated rings. The van der Waals surface area contributed by atoms with E-state index in [-0.39, 0.29) is 19.6 Å². The van der Waals surface area contributed by atoms with Crippen LogP contribution in [0.15, 0.2) is 30.3 Å². The zero-order valence-electron chi connectivity index (χ0n) is 15.9. The molecular weight excluding hydrogens is 374 g/mol. The maximum absolute atomic E-state index is 12.5. The molecule has 9 heteroatoms. The van der Waals surface area contributed by atoms with Gasteiger partial charge in [-0.05, 0) is 26.3 Å². The lowest BCUT2D eigenvalue weighted by atomic mass is 10.2. The van der Waals surface area contributed by atoms with Gasteiger partial charge in [-0.2, -0.15) is 8.42 Å². The van der Waals surface area contributed by atoms with Crippen LogP contribution in [0, 0.1) is 0 Å². The Morgan fingerprint density at radius 2 is 1.81 bits per heavy atom. The van der Waals surface area contributed by atoms with Crippen molar-refractivity contribution in [3.05, 3.63) is 35.9 Å². The second-order valence-corrected chi connectivity index (χ2v) is 9.00. The second-order valence-electron chi connectivity index (χ2n) is 7.40. The van der Waals surface area contributed by atoms with Crippen LogP contribution in [0.4, 0.5) is 4.79 Å². The summed E-state index contributed by atoms with van der Waals surface area (Å²) in [6, 6.07) is 8.13. The number of carbonyl (C=O) groups excluding carboxylic acids is 2. The molecule has 1 aromatic carbocycles. The molecule has 0 spiro atoms. The minimum Gasteiger partial charge on any atom is -0.459 e. The van der Waals surface area contributed by atoms with Gasteiger partial charge in [0.15, 0.2) is 0 Å². The van der Waals surface area contributed by atoms with Crippen LogP contribution in [-0.4, -0.2) is 55.9 Å². The van der Waals surface area contributed by atoms with Gasteiger partial charge >= 0.3 is 12.1 Å². The summed E-state index contributed by atoms with van der Waals surface area (Å²) in [5, 5.41) is 0. The Bertz CT molecular complexity index is 771. The van der Waals surface area contributed by atoms with Gasteiger partial charge in [-0.3, -0.25) is 9.08 Å². The van der Waals surface area contributed by atoms with Crippen molar-refractivity contribution in [2.45, 2.75) is 51.5 Å². The average molecular weight is 399 g/mol. The van der Waals surface area contributed by atoms with Gasteiger partial charge in [0.25, 0.3) is 10.1 Å². The maximum Gasteiger partial charge on any atom is 0.411 e. The van der Waals surface area contributed by atoms with Gasteiger partial charge in [-0.1, -0.05) is 30.3 Å². The number of benzene rings is 1. The second kappa shape index (κ2) is 8.26. The maximum atomic E-state index is 12.5. The van der Waals surface area contributed by atoms with Gasteiger partial charge in [0.05, 0.1) is 18.9 Å². The summed E-state index contributed by atoms with van der Waals surface area (Å²) in [5.74, 6) is -0.635. The fourth-order valence-corrected chi connectivity index (χ4v) is 3.32. The van der Waals surface area contributed by atoms with Crippen LogP contribution >= 0.6 is 0 Å². The number of hydrogen-bond acceptors (Lipinski definition) is 7. The number of rotatable bonds is 5. The van der Waals surface area contributed by atoms with E-state index in [1.165, 1.54) is 0 Å². The third-order valence-corrected chi connectivity index (χ3v) is 4.32. The summed E-state index contributed by atoms with van der Waals surface area (Å²) in [7, 11) is -3.73. The molecule has 1 aliphatic rings. The first-order chi connectivity index (χ1) is 12.4. The minimum atomic E-state index is -3.73. The number of esters is 1. The van der Waals surface area contributed by atoms with Crippen LogP contribution in [0.3, 0.4) is 0 Å². The van der Waals surface area contributed by atoms with Gasteiger partial charge in [0.1, 0.15) is 18.2 Å². The van der Waals surface area contributed by atoms with Crippen LogP contribution in [0.1, 0.15) is 32.8 Å². The van der Waals surface area contributed by atoms with Crippen LogP contribution in [0.2, 0.25) is 0 Å². The lowest BCUT2D eigenvalue weighted by molar-refractivity contribution is -0.150. The van der Waals surface area contributed by atoms with Gasteiger partial charge in [-0.25, -0.2) is 9.59 Å². The zero-order chi connectivity index (χ0) is 20.2. The standard InChI is InChI=1S/C18H25NO7S/c1-18(2,3)25-17(21)19-11-14(26-27(4,22)23)10-15(19)16(20)24-12-13-8-6-5-7-9-13/h5-9,14-15H,10-12H2,1-4H3/t14-,15+/m1/s1. The van der Waals surface area contributed by atoms with Crippen LogP contribution in [-0.2, 0) is 35.2 Å². The van der Waals surface area contributed by atoms with Gasteiger partial charge in [0.2, 0.25) is 0 Å². The summed E-state index contributed by atoms with van der Waals surface area (Å²) >= 11 is 0. The SMILES string of the molecule is CC(C)(C)OC(=O)N1C[C@H](OS(C)(=O)=O)C[C@H]1C(=O)OCc1ccccc1. The highest BCUT2D eigenvalue weighted by Crippen LogP contribution is 2.25. The Labute approximate surface area is 159 Å². The number of likely N-dealkylation sites (tertiary alicyclic amines) is 1. The van der Waals surface area contributed by atoms with E-state index in [2.05, 4.69) is 0 Å². The lowest BCUT2D eigenvalue weighted by Crippen LogP contribution is -2.44. The van der Waals surface area contributed by atoms with Gasteiger partial charge in [0, 0.05) is 6.42 Å². The predicted octanol–water partition coefficient (Wildman–Crippen LogP) is 2.08. The van der Waals surface area contributed by atoms with Crippen LogP contribution in [0.25, 0.3) is 0 Å². The third kappa shape index (κ3) is 6.84. The molecule has 0 N–H and O–H groups in total. The zero-order valence-corrected chi connectivity index (χ0v) is 16.7. The van der Waals surface area contributed by atoms with E-state index < -0.39 is 39.9 Å². The smallest absolute Gasteiger partial charge is 0.411 e. The van der Waals surface area contributed by atoms with Crippen molar-refractivity contribution in [3.8, 4) is 0 Å². The fourth-order valence-electron chi connectivity index (χ4n) is 2.69. The molecule has 0 bridgehead atoms. The molecule has 1 saturated heterocycles. The first-order valence-corrected chi connectivity index (χ1v) is 10.3. The molecule has 27 heavy (non-hydrogen) atoms. The normalized spacial score (nSPS) is 20.4. The number of amides is 1. The van der Waals surface area contributed by atoms with E-state index in [1.807, 2.05) is 30.3 Å². The van der Waals surface area contributed by atoms with Crippen molar-refractivity contribution >= 4 is 22.2 Å². The Kier molecular flexibility index (Phi) is 6.48. The first kappa shape index (κ1) is 21.2. The summed E-state index contributed by atoms with van der Waals surface area (Å²) in [5.41, 5.74) is 0.0438. The van der Waals surface area contributed by atoms with E-state index in [9.17, 15) is 18.0 Å². The number of ether oxygens (including phenoxy) is 2. The highest BCUT2D eigenvalue weighted by molar-refractivity contribution is 7.86. The minimum absolute atomic E-state index is 0.0138. The largest absolute Gasteiger partial charge is 0.459 e. The molecule has 0 radical (unpaired) electrons. The average Bonchev–Trinajstić information content (AvgIpc) is 2.94. The lowest BCUT2D eigenvalue weighted by Gasteiger charge is -2.27. The number of nitrogens with zero attached hydrogens (tertiary/aromatic N) is 1. The number of hydrogen-bond donors (Lipinski definition) is 0. The molecule has 1 heterocycles. The molecule has 1 amide bonds. The first-order valence-electron chi connectivity index (χ1n) is 8.53. The van der Waals surface area contributed by atoms with E-state index in [4.69, 9.17) is 13.7 Å². The molecule has 0 aromatic heterocycles. The van der Waals surface area contributed by atoms with Gasteiger partial charge < -0.3 is 9.47 Å². The molecule has 2 rings (SSSR count). The topological polar surface area (TPSA) is 99.2 Å². The van der Waals surface area contributed by atoms with Gasteiger partial charge in [-0.15, -0.1) is 0 Å². The number of carbonyl (C=O) groups is 2. The molecule has 2 atom stereocenters. The molecule has 1 aromatic rings. The van der Waals surface area contributed by atoms with Crippen molar-refractivity contribution in [1.82, 2.24) is 4.90 Å². The molecule has 0 unspecified atom stereocenters. The van der Waals surface area contributed by atoms with Crippen LogP contribution in [0.5, 0.6) is 0 Å². The highest BCUT2D eigenvalue weighted by atomic mass is 32.2. The quantitative estimate of drug-likeness (QED) is 0.552. The molecular formula is C18H25NO7S. The van der Waals surface area contributed by atoms with E-state index >= 15 is 0 Å². The van der Waals surface area contributed by atoms with Crippen molar-refractivity contribution in [2.75, 3.05) is 12.8 Å². The molecule has 0 aliphatic carbocycles. The molecule has 0 saturated carbocycles. The Hall–Kier alpha value is -2.13. The summed E-state index contributed by atoms with van der Waals surface area (Å²) in [6.45, 7) is 5.08. The predicted molar refractivity (Wildman–Crippen MR) is 97.3 cm³/mol. The fraction of sp³-hybridized carbons (Fsp3) is 0.556. The van der Waals surface area contributed by atoms with E-state index in [1.54, 1.807) is 20.8 Å². The summed E-state index contributed by atoms with van der Waals surface area (Å²) in [6.07, 6.45) is -0.614. The highest BCUT2D eigenvalue weighted by Gasteiger charge is 2.44. The van der Waals surface area contributed by atoms with Crippen molar-refractivity contribution in [3.63, 3.8) is 0 Å². The Balaban J connectivity index is 2.10. The van der Waals surface area contributed by atoms with Crippen molar-refractivity contribution in [2.24, 2.45) is 0 Å². The summed E-state index contributed by atoms with van der Waals surface area (Å²) in [4.78, 5) is 26.1. The van der Waals surface area contributed by atoms with Crippen molar-refractivity contribution < 1.29 is 31.7 Å². The summed E-state index contributed by atoms with van der Waals surface area (Å²) < 4.78 is 38.4. The Morgan fingerprint density at radius 1 is 1.19 bits per heavy atom. The van der Waals surface area contributed by atoms with E-state index in [0.29, 0.717) is 0 Å². The van der Waals surface area contributed by atoms with Crippen molar-refractivity contribution in [1.29, 1.82) is 0 Å². The molecule has 8 nitrogen and oxygen atoms in total. The van der Waals surface area contributed by atoms with Crippen LogP contribution < -0.4 is 0 Å².